The molecule has 3 rings (SSSR count). The normalized spacial score (nSPS) is 11.9. The Bertz CT molecular complexity index is 752. The third kappa shape index (κ3) is 2.16. The second kappa shape index (κ2) is 4.37. The first kappa shape index (κ1) is 12.7. The fraction of sp³-hybridized carbons (Fsp3) is 0.235. The van der Waals surface area contributed by atoms with E-state index in [-0.39, 0.29) is 5.41 Å². The summed E-state index contributed by atoms with van der Waals surface area (Å²) in [5, 5.41) is 0. The van der Waals surface area contributed by atoms with E-state index in [4.69, 9.17) is 10.2 Å². The standard InChI is InChI=1S/C17H18N2O/c1-17(2,3)12-9-13(18)15-14(10-12)19-16(20-15)11-7-5-4-6-8-11/h4-10H,18H2,1-3H3. The van der Waals surface area contributed by atoms with Crippen LogP contribution in [0.4, 0.5) is 5.69 Å². The van der Waals surface area contributed by atoms with Gasteiger partial charge in [-0.2, -0.15) is 0 Å². The summed E-state index contributed by atoms with van der Waals surface area (Å²) < 4.78 is 5.82. The summed E-state index contributed by atoms with van der Waals surface area (Å²) in [5.41, 5.74) is 10.4. The van der Waals surface area contributed by atoms with E-state index in [1.165, 1.54) is 0 Å². The lowest BCUT2D eigenvalue weighted by Crippen LogP contribution is -2.11. The largest absolute Gasteiger partial charge is 0.434 e. The van der Waals surface area contributed by atoms with Crippen molar-refractivity contribution in [2.75, 3.05) is 5.73 Å². The molecule has 3 heteroatoms. The van der Waals surface area contributed by atoms with Crippen LogP contribution in [0, 0.1) is 0 Å². The van der Waals surface area contributed by atoms with Gasteiger partial charge in [-0.05, 0) is 35.2 Å². The van der Waals surface area contributed by atoms with Crippen LogP contribution >= 0.6 is 0 Å². The molecule has 1 heterocycles. The summed E-state index contributed by atoms with van der Waals surface area (Å²) in [7, 11) is 0. The van der Waals surface area contributed by atoms with Gasteiger partial charge in [0.1, 0.15) is 5.52 Å². The third-order valence-electron chi connectivity index (χ3n) is 3.41. The van der Waals surface area contributed by atoms with E-state index in [1.54, 1.807) is 0 Å². The van der Waals surface area contributed by atoms with Crippen LogP contribution in [0.1, 0.15) is 26.3 Å². The Morgan fingerprint density at radius 1 is 1.05 bits per heavy atom. The average Bonchev–Trinajstić information content (AvgIpc) is 2.83. The second-order valence-electron chi connectivity index (χ2n) is 6.05. The zero-order valence-corrected chi connectivity index (χ0v) is 12.0. The van der Waals surface area contributed by atoms with Crippen LogP contribution in [-0.2, 0) is 5.41 Å². The molecule has 0 radical (unpaired) electrons. The van der Waals surface area contributed by atoms with Crippen molar-refractivity contribution >= 4 is 16.8 Å². The molecule has 0 bridgehead atoms. The van der Waals surface area contributed by atoms with Crippen molar-refractivity contribution in [2.24, 2.45) is 0 Å². The van der Waals surface area contributed by atoms with Crippen LogP contribution in [0.2, 0.25) is 0 Å². The van der Waals surface area contributed by atoms with Gasteiger partial charge in [0.25, 0.3) is 0 Å². The summed E-state index contributed by atoms with van der Waals surface area (Å²) in [4.78, 5) is 4.57. The number of rotatable bonds is 1. The van der Waals surface area contributed by atoms with Gasteiger partial charge in [0.2, 0.25) is 5.89 Å². The maximum atomic E-state index is 6.11. The molecule has 1 aromatic heterocycles. The first-order chi connectivity index (χ1) is 9.45. The molecule has 0 unspecified atom stereocenters. The highest BCUT2D eigenvalue weighted by Crippen LogP contribution is 2.32. The summed E-state index contributed by atoms with van der Waals surface area (Å²) in [6.45, 7) is 6.48. The van der Waals surface area contributed by atoms with Crippen LogP contribution < -0.4 is 5.73 Å². The lowest BCUT2D eigenvalue weighted by atomic mass is 9.86. The van der Waals surface area contributed by atoms with Gasteiger partial charge >= 0.3 is 0 Å². The first-order valence-corrected chi connectivity index (χ1v) is 6.71. The number of hydrogen-bond acceptors (Lipinski definition) is 3. The molecule has 20 heavy (non-hydrogen) atoms. The fourth-order valence-electron chi connectivity index (χ4n) is 2.20. The average molecular weight is 266 g/mol. The first-order valence-electron chi connectivity index (χ1n) is 6.71. The summed E-state index contributed by atoms with van der Waals surface area (Å²) in [5.74, 6) is 0.610. The van der Waals surface area contributed by atoms with E-state index in [0.29, 0.717) is 17.2 Å². The van der Waals surface area contributed by atoms with E-state index < -0.39 is 0 Å². The molecule has 0 atom stereocenters. The predicted octanol–water partition coefficient (Wildman–Crippen LogP) is 4.37. The number of anilines is 1. The molecule has 0 spiro atoms. The molecule has 0 aliphatic rings. The molecule has 102 valence electrons. The Balaban J connectivity index is 2.19. The smallest absolute Gasteiger partial charge is 0.227 e. The van der Waals surface area contributed by atoms with Gasteiger partial charge in [-0.25, -0.2) is 4.98 Å². The maximum Gasteiger partial charge on any atom is 0.227 e. The molecule has 3 nitrogen and oxygen atoms in total. The SMILES string of the molecule is CC(C)(C)c1cc(N)c2oc(-c3ccccc3)nc2c1. The van der Waals surface area contributed by atoms with Gasteiger partial charge in [-0.15, -0.1) is 0 Å². The van der Waals surface area contributed by atoms with Crippen molar-refractivity contribution in [3.05, 3.63) is 48.0 Å². The van der Waals surface area contributed by atoms with Gasteiger partial charge in [-0.1, -0.05) is 39.0 Å². The Morgan fingerprint density at radius 2 is 1.75 bits per heavy atom. The second-order valence-corrected chi connectivity index (χ2v) is 6.05. The third-order valence-corrected chi connectivity index (χ3v) is 3.41. The number of hydrogen-bond donors (Lipinski definition) is 1. The maximum absolute atomic E-state index is 6.11. The van der Waals surface area contributed by atoms with E-state index in [1.807, 2.05) is 36.4 Å². The summed E-state index contributed by atoms with van der Waals surface area (Å²) >= 11 is 0. The zero-order chi connectivity index (χ0) is 14.3. The van der Waals surface area contributed by atoms with Crippen molar-refractivity contribution in [1.29, 1.82) is 0 Å². The molecule has 0 fully saturated rings. The molecule has 3 aromatic rings. The monoisotopic (exact) mass is 266 g/mol. The quantitative estimate of drug-likeness (QED) is 0.665. The number of fused-ring (bicyclic) bond motifs is 1. The number of nitrogens with zero attached hydrogens (tertiary/aromatic N) is 1. The van der Waals surface area contributed by atoms with Crippen molar-refractivity contribution in [3.63, 3.8) is 0 Å². The Kier molecular flexibility index (Phi) is 2.78. The number of aromatic nitrogens is 1. The lowest BCUT2D eigenvalue weighted by molar-refractivity contribution is 0.590. The minimum Gasteiger partial charge on any atom is -0.434 e. The number of oxazole rings is 1. The van der Waals surface area contributed by atoms with E-state index >= 15 is 0 Å². The topological polar surface area (TPSA) is 52.0 Å². The molecule has 0 saturated heterocycles. The minimum absolute atomic E-state index is 0.0359. The van der Waals surface area contributed by atoms with Gasteiger partial charge in [0.05, 0.1) is 5.69 Å². The van der Waals surface area contributed by atoms with Gasteiger partial charge in [-0.3, -0.25) is 0 Å². The number of nitrogen functional groups attached to an aromatic ring is 1. The predicted molar refractivity (Wildman–Crippen MR) is 82.6 cm³/mol. The molecule has 0 saturated carbocycles. The fourth-order valence-corrected chi connectivity index (χ4v) is 2.20. The zero-order valence-electron chi connectivity index (χ0n) is 12.0. The highest BCUT2D eigenvalue weighted by Gasteiger charge is 2.18. The van der Waals surface area contributed by atoms with Gasteiger partial charge in [0, 0.05) is 5.56 Å². The summed E-state index contributed by atoms with van der Waals surface area (Å²) in [6.07, 6.45) is 0. The molecular weight excluding hydrogens is 248 g/mol. The molecular formula is C17H18N2O. The minimum atomic E-state index is 0.0359. The van der Waals surface area contributed by atoms with Crippen LogP contribution in [-0.4, -0.2) is 4.98 Å². The van der Waals surface area contributed by atoms with Crippen molar-refractivity contribution in [1.82, 2.24) is 4.98 Å². The van der Waals surface area contributed by atoms with E-state index in [0.717, 1.165) is 16.6 Å². The molecule has 2 aromatic carbocycles. The number of nitrogens with two attached hydrogens (primary N) is 1. The molecule has 2 N–H and O–H groups in total. The molecule has 0 aliphatic carbocycles. The Morgan fingerprint density at radius 3 is 2.40 bits per heavy atom. The van der Waals surface area contributed by atoms with Crippen LogP contribution in [0.3, 0.4) is 0 Å². The van der Waals surface area contributed by atoms with Crippen molar-refractivity contribution < 1.29 is 4.42 Å². The van der Waals surface area contributed by atoms with Gasteiger partial charge < -0.3 is 10.2 Å². The van der Waals surface area contributed by atoms with Crippen molar-refractivity contribution in [2.45, 2.75) is 26.2 Å². The Hall–Kier alpha value is -2.29. The Labute approximate surface area is 118 Å². The van der Waals surface area contributed by atoms with E-state index in [2.05, 4.69) is 31.8 Å². The van der Waals surface area contributed by atoms with E-state index in [9.17, 15) is 0 Å². The molecule has 0 aliphatic heterocycles. The van der Waals surface area contributed by atoms with Crippen LogP contribution in [0.25, 0.3) is 22.6 Å². The van der Waals surface area contributed by atoms with Crippen molar-refractivity contribution in [3.8, 4) is 11.5 Å². The lowest BCUT2D eigenvalue weighted by Gasteiger charge is -2.19. The number of benzene rings is 2. The molecule has 0 amide bonds. The highest BCUT2D eigenvalue weighted by molar-refractivity contribution is 5.87. The van der Waals surface area contributed by atoms with Gasteiger partial charge in [0.15, 0.2) is 5.58 Å². The van der Waals surface area contributed by atoms with Crippen LogP contribution in [0.15, 0.2) is 46.9 Å². The van der Waals surface area contributed by atoms with Crippen LogP contribution in [0.5, 0.6) is 0 Å². The highest BCUT2D eigenvalue weighted by atomic mass is 16.3. The summed E-state index contributed by atoms with van der Waals surface area (Å²) in [6, 6.07) is 13.9.